The molecule has 7 nitrogen and oxygen atoms in total. The van der Waals surface area contributed by atoms with Gasteiger partial charge in [-0.3, -0.25) is 14.4 Å². The summed E-state index contributed by atoms with van der Waals surface area (Å²) < 4.78 is 18.5. The van der Waals surface area contributed by atoms with Crippen LogP contribution in [0.1, 0.15) is 40.2 Å². The van der Waals surface area contributed by atoms with Gasteiger partial charge >= 0.3 is 0 Å². The van der Waals surface area contributed by atoms with E-state index >= 15 is 0 Å². The Morgan fingerprint density at radius 2 is 1.71 bits per heavy atom. The van der Waals surface area contributed by atoms with Gasteiger partial charge in [-0.25, -0.2) is 4.39 Å². The van der Waals surface area contributed by atoms with Crippen LogP contribution in [-0.4, -0.2) is 71.2 Å². The molecule has 2 aliphatic rings. The molecule has 0 spiro atoms. The number of piperazine rings is 1. The number of hydrogen-bond acceptors (Lipinski definition) is 4. The number of nitrogens with zero attached hydrogens (tertiary/aromatic N) is 3. The number of carbonyl (C=O) groups is 3. The van der Waals surface area contributed by atoms with E-state index in [9.17, 15) is 18.8 Å². The lowest BCUT2D eigenvalue weighted by Gasteiger charge is -2.40. The zero-order chi connectivity index (χ0) is 22.0. The quantitative estimate of drug-likeness (QED) is 0.724. The molecule has 3 amide bonds. The van der Waals surface area contributed by atoms with Crippen LogP contribution in [0.15, 0.2) is 41.0 Å². The lowest BCUT2D eigenvalue weighted by atomic mass is 10.00. The zero-order valence-corrected chi connectivity index (χ0v) is 17.7. The summed E-state index contributed by atoms with van der Waals surface area (Å²) in [5.41, 5.74) is 0.241. The topological polar surface area (TPSA) is 74.1 Å². The summed E-state index contributed by atoms with van der Waals surface area (Å²) in [5.74, 6) is -0.942. The number of rotatable bonds is 3. The number of benzene rings is 1. The van der Waals surface area contributed by atoms with Gasteiger partial charge < -0.3 is 19.1 Å². The second-order valence-electron chi connectivity index (χ2n) is 7.73. The van der Waals surface area contributed by atoms with E-state index in [2.05, 4.69) is 0 Å². The van der Waals surface area contributed by atoms with Gasteiger partial charge in [0.05, 0.1) is 16.8 Å². The molecule has 9 heteroatoms. The number of piperidine rings is 1. The first-order chi connectivity index (χ1) is 15.0. The summed E-state index contributed by atoms with van der Waals surface area (Å²) in [6.45, 7) is 1.93. The minimum absolute atomic E-state index is 0.0674. The van der Waals surface area contributed by atoms with Crippen LogP contribution >= 0.6 is 11.6 Å². The van der Waals surface area contributed by atoms with Crippen molar-refractivity contribution in [3.63, 3.8) is 0 Å². The highest BCUT2D eigenvalue weighted by atomic mass is 35.5. The Labute approximate surface area is 184 Å². The van der Waals surface area contributed by atoms with Crippen molar-refractivity contribution in [1.29, 1.82) is 0 Å². The van der Waals surface area contributed by atoms with Gasteiger partial charge in [-0.2, -0.15) is 0 Å². The van der Waals surface area contributed by atoms with Crippen LogP contribution in [0.4, 0.5) is 4.39 Å². The Balaban J connectivity index is 1.40. The lowest BCUT2D eigenvalue weighted by Crippen LogP contribution is -2.57. The number of halogens is 2. The van der Waals surface area contributed by atoms with Crippen LogP contribution in [0.25, 0.3) is 0 Å². The second-order valence-corrected chi connectivity index (χ2v) is 8.14. The van der Waals surface area contributed by atoms with Crippen LogP contribution in [0.3, 0.4) is 0 Å². The summed E-state index contributed by atoms with van der Waals surface area (Å²) in [4.78, 5) is 43.6. The molecule has 1 aromatic heterocycles. The summed E-state index contributed by atoms with van der Waals surface area (Å²) in [6.07, 6.45) is 3.77. The number of likely N-dealkylation sites (tertiary alicyclic amines) is 1. The average molecular weight is 448 g/mol. The predicted molar refractivity (Wildman–Crippen MR) is 111 cm³/mol. The maximum atomic E-state index is 13.3. The molecule has 1 aromatic carbocycles. The van der Waals surface area contributed by atoms with E-state index < -0.39 is 11.9 Å². The lowest BCUT2D eigenvalue weighted by molar-refractivity contribution is -0.138. The fourth-order valence-electron chi connectivity index (χ4n) is 4.15. The maximum Gasteiger partial charge on any atom is 0.290 e. The molecule has 0 aliphatic carbocycles. The largest absolute Gasteiger partial charge is 0.459 e. The monoisotopic (exact) mass is 447 g/mol. The Kier molecular flexibility index (Phi) is 6.27. The SMILES string of the molecule is O=C(c1ccc(F)cc1Cl)N1CCN(C(=O)C2CCCCN2C(=O)c2ccco2)CC1. The van der Waals surface area contributed by atoms with Gasteiger partial charge in [-0.05, 0) is 49.6 Å². The molecule has 0 bridgehead atoms. The fraction of sp³-hybridized carbons (Fsp3) is 0.409. The molecule has 0 N–H and O–H groups in total. The highest BCUT2D eigenvalue weighted by Gasteiger charge is 2.37. The van der Waals surface area contributed by atoms with Crippen molar-refractivity contribution in [2.24, 2.45) is 0 Å². The van der Waals surface area contributed by atoms with Crippen molar-refractivity contribution < 1.29 is 23.2 Å². The Morgan fingerprint density at radius 3 is 2.39 bits per heavy atom. The van der Waals surface area contributed by atoms with Gasteiger partial charge in [0.25, 0.3) is 11.8 Å². The summed E-state index contributed by atoms with van der Waals surface area (Å²) in [7, 11) is 0. The molecule has 2 aliphatic heterocycles. The molecule has 0 radical (unpaired) electrons. The van der Waals surface area contributed by atoms with Gasteiger partial charge in [0.15, 0.2) is 5.76 Å². The van der Waals surface area contributed by atoms with Crippen molar-refractivity contribution >= 4 is 29.3 Å². The third kappa shape index (κ3) is 4.44. The molecule has 2 aromatic rings. The van der Waals surface area contributed by atoms with E-state index in [1.807, 2.05) is 0 Å². The van der Waals surface area contributed by atoms with Crippen molar-refractivity contribution in [1.82, 2.24) is 14.7 Å². The van der Waals surface area contributed by atoms with Crippen LogP contribution in [0.5, 0.6) is 0 Å². The van der Waals surface area contributed by atoms with E-state index in [4.69, 9.17) is 16.0 Å². The molecule has 1 unspecified atom stereocenters. The first-order valence-electron chi connectivity index (χ1n) is 10.3. The van der Waals surface area contributed by atoms with Gasteiger partial charge in [-0.1, -0.05) is 11.6 Å². The van der Waals surface area contributed by atoms with Crippen LogP contribution in [0, 0.1) is 5.82 Å². The third-order valence-corrected chi connectivity index (χ3v) is 6.13. The van der Waals surface area contributed by atoms with Crippen molar-refractivity contribution in [2.45, 2.75) is 25.3 Å². The van der Waals surface area contributed by atoms with Crippen molar-refractivity contribution in [3.8, 4) is 0 Å². The van der Waals surface area contributed by atoms with Crippen LogP contribution in [-0.2, 0) is 4.79 Å². The van der Waals surface area contributed by atoms with Crippen LogP contribution < -0.4 is 0 Å². The number of amides is 3. The van der Waals surface area contributed by atoms with Gasteiger partial charge in [0, 0.05) is 32.7 Å². The average Bonchev–Trinajstić information content (AvgIpc) is 3.33. The van der Waals surface area contributed by atoms with Crippen molar-refractivity contribution in [2.75, 3.05) is 32.7 Å². The molecule has 2 saturated heterocycles. The Hall–Kier alpha value is -2.87. The molecule has 3 heterocycles. The molecule has 164 valence electrons. The van der Waals surface area contributed by atoms with E-state index in [-0.39, 0.29) is 34.1 Å². The fourth-order valence-corrected chi connectivity index (χ4v) is 4.40. The number of furan rings is 1. The molecule has 0 saturated carbocycles. The molecular formula is C22H23ClFN3O4. The van der Waals surface area contributed by atoms with E-state index in [0.29, 0.717) is 39.1 Å². The molecule has 31 heavy (non-hydrogen) atoms. The Bertz CT molecular complexity index is 973. The van der Waals surface area contributed by atoms with E-state index in [0.717, 1.165) is 18.9 Å². The highest BCUT2D eigenvalue weighted by Crippen LogP contribution is 2.23. The minimum Gasteiger partial charge on any atom is -0.459 e. The number of hydrogen-bond donors (Lipinski definition) is 0. The van der Waals surface area contributed by atoms with Crippen molar-refractivity contribution in [3.05, 3.63) is 58.8 Å². The first kappa shape index (κ1) is 21.4. The summed E-state index contributed by atoms with van der Waals surface area (Å²) in [6, 6.07) is 6.41. The zero-order valence-electron chi connectivity index (χ0n) is 16.9. The smallest absolute Gasteiger partial charge is 0.290 e. The predicted octanol–water partition coefficient (Wildman–Crippen LogP) is 3.05. The van der Waals surface area contributed by atoms with Crippen LogP contribution in [0.2, 0.25) is 5.02 Å². The third-order valence-electron chi connectivity index (χ3n) is 5.82. The first-order valence-corrected chi connectivity index (χ1v) is 10.7. The molecule has 2 fully saturated rings. The summed E-state index contributed by atoms with van der Waals surface area (Å²) in [5, 5.41) is 0.0674. The standard InChI is InChI=1S/C22H23ClFN3O4/c23-17-14-15(24)6-7-16(17)20(28)25-9-11-26(12-10-25)21(29)18-4-1-2-8-27(18)22(30)19-5-3-13-31-19/h3,5-7,13-14,18H,1-2,4,8-12H2. The highest BCUT2D eigenvalue weighted by molar-refractivity contribution is 6.33. The maximum absolute atomic E-state index is 13.3. The van der Waals surface area contributed by atoms with E-state index in [1.54, 1.807) is 26.8 Å². The molecule has 1 atom stereocenters. The number of carbonyl (C=O) groups excluding carboxylic acids is 3. The molecule has 4 rings (SSSR count). The van der Waals surface area contributed by atoms with Gasteiger partial charge in [0.1, 0.15) is 11.9 Å². The minimum atomic E-state index is -0.528. The molecular weight excluding hydrogens is 425 g/mol. The Morgan fingerprint density at radius 1 is 0.968 bits per heavy atom. The van der Waals surface area contributed by atoms with E-state index in [1.165, 1.54) is 18.4 Å². The van der Waals surface area contributed by atoms with Gasteiger partial charge in [0.2, 0.25) is 5.91 Å². The van der Waals surface area contributed by atoms with Gasteiger partial charge in [-0.15, -0.1) is 0 Å². The summed E-state index contributed by atoms with van der Waals surface area (Å²) >= 11 is 6.02. The normalized spacial score (nSPS) is 19.4. The second kappa shape index (κ2) is 9.09.